The fourth-order valence-electron chi connectivity index (χ4n) is 1.77. The molecule has 2 rings (SSSR count). The molecule has 0 bridgehead atoms. The Morgan fingerprint density at radius 3 is 2.85 bits per heavy atom. The van der Waals surface area contributed by atoms with Gasteiger partial charge in [-0.05, 0) is 26.2 Å². The van der Waals surface area contributed by atoms with Crippen molar-refractivity contribution in [2.45, 2.75) is 58.4 Å². The molecule has 1 aromatic heterocycles. The number of nitrogens with one attached hydrogen (secondary N) is 2. The molecule has 0 atom stereocenters. The Kier molecular flexibility index (Phi) is 5.38. The van der Waals surface area contributed by atoms with Crippen molar-refractivity contribution in [2.24, 2.45) is 4.99 Å². The first-order chi connectivity index (χ1) is 9.69. The van der Waals surface area contributed by atoms with Crippen molar-refractivity contribution < 1.29 is 4.52 Å². The number of nitrogens with zero attached hydrogens (tertiary/aromatic N) is 3. The normalized spacial score (nSPS) is 15.7. The van der Waals surface area contributed by atoms with E-state index in [0.717, 1.165) is 37.7 Å². The Labute approximate surface area is 120 Å². The van der Waals surface area contributed by atoms with Crippen molar-refractivity contribution in [3.8, 4) is 0 Å². The van der Waals surface area contributed by atoms with Crippen LogP contribution in [0.3, 0.4) is 0 Å². The lowest BCUT2D eigenvalue weighted by molar-refractivity contribution is 0.369. The maximum atomic E-state index is 5.21. The van der Waals surface area contributed by atoms with Gasteiger partial charge < -0.3 is 15.2 Å². The highest BCUT2D eigenvalue weighted by atomic mass is 16.5. The molecule has 1 saturated carbocycles. The van der Waals surface area contributed by atoms with Crippen LogP contribution in [0.1, 0.15) is 57.7 Å². The van der Waals surface area contributed by atoms with Crippen LogP contribution in [0, 0.1) is 0 Å². The minimum Gasteiger partial charge on any atom is -0.357 e. The van der Waals surface area contributed by atoms with Gasteiger partial charge in [0.15, 0.2) is 11.8 Å². The number of rotatable bonds is 7. The number of hydrogen-bond donors (Lipinski definition) is 2. The molecule has 1 aromatic rings. The highest BCUT2D eigenvalue weighted by Crippen LogP contribution is 2.18. The second kappa shape index (κ2) is 7.26. The molecule has 1 fully saturated rings. The van der Waals surface area contributed by atoms with Gasteiger partial charge >= 0.3 is 0 Å². The fraction of sp³-hybridized carbons (Fsp3) is 0.786. The van der Waals surface area contributed by atoms with E-state index in [1.54, 1.807) is 0 Å². The monoisotopic (exact) mass is 279 g/mol. The van der Waals surface area contributed by atoms with Gasteiger partial charge in [0.1, 0.15) is 0 Å². The van der Waals surface area contributed by atoms with Crippen LogP contribution in [0.25, 0.3) is 0 Å². The smallest absolute Gasteiger partial charge is 0.226 e. The van der Waals surface area contributed by atoms with Crippen molar-refractivity contribution in [3.05, 3.63) is 11.7 Å². The summed E-state index contributed by atoms with van der Waals surface area (Å²) in [5.41, 5.74) is 0. The van der Waals surface area contributed by atoms with Gasteiger partial charge in [0.05, 0.1) is 0 Å². The van der Waals surface area contributed by atoms with Gasteiger partial charge in [-0.2, -0.15) is 4.98 Å². The first kappa shape index (κ1) is 14.8. The van der Waals surface area contributed by atoms with Crippen LogP contribution in [-0.2, 0) is 6.42 Å². The number of guanidine groups is 1. The van der Waals surface area contributed by atoms with Crippen LogP contribution < -0.4 is 10.6 Å². The SMILES string of the molecule is CCNC(=NCCCc1nc(C(C)C)no1)NC1CC1. The second-order valence-corrected chi connectivity index (χ2v) is 5.48. The molecule has 6 heteroatoms. The van der Waals surface area contributed by atoms with Crippen molar-refractivity contribution >= 4 is 5.96 Å². The maximum absolute atomic E-state index is 5.21. The molecule has 112 valence electrons. The van der Waals surface area contributed by atoms with Crippen LogP contribution in [0.15, 0.2) is 9.52 Å². The first-order valence-corrected chi connectivity index (χ1v) is 7.56. The van der Waals surface area contributed by atoms with E-state index in [-0.39, 0.29) is 0 Å². The lowest BCUT2D eigenvalue weighted by Crippen LogP contribution is -2.38. The van der Waals surface area contributed by atoms with E-state index >= 15 is 0 Å². The molecule has 1 heterocycles. The minimum absolute atomic E-state index is 0.314. The molecule has 0 unspecified atom stereocenters. The number of aryl methyl sites for hydroxylation is 1. The van der Waals surface area contributed by atoms with E-state index in [1.165, 1.54) is 12.8 Å². The van der Waals surface area contributed by atoms with Crippen LogP contribution in [-0.4, -0.2) is 35.2 Å². The topological polar surface area (TPSA) is 75.3 Å². The summed E-state index contributed by atoms with van der Waals surface area (Å²) in [6.45, 7) is 7.85. The molecule has 2 N–H and O–H groups in total. The van der Waals surface area contributed by atoms with Crippen LogP contribution in [0.4, 0.5) is 0 Å². The summed E-state index contributed by atoms with van der Waals surface area (Å²) >= 11 is 0. The standard InChI is InChI=1S/C14H25N5O/c1-4-15-14(17-11-7-8-11)16-9-5-6-12-18-13(10(2)3)19-20-12/h10-11H,4-9H2,1-3H3,(H2,15,16,17). The van der Waals surface area contributed by atoms with Gasteiger partial charge in [-0.3, -0.25) is 4.99 Å². The lowest BCUT2D eigenvalue weighted by atomic mass is 10.2. The molecule has 0 aromatic carbocycles. The molecular formula is C14H25N5O. The number of aromatic nitrogens is 2. The fourth-order valence-corrected chi connectivity index (χ4v) is 1.77. The van der Waals surface area contributed by atoms with E-state index < -0.39 is 0 Å². The van der Waals surface area contributed by atoms with Crippen LogP contribution in [0.5, 0.6) is 0 Å². The van der Waals surface area contributed by atoms with Crippen molar-refractivity contribution in [2.75, 3.05) is 13.1 Å². The van der Waals surface area contributed by atoms with Crippen molar-refractivity contribution in [1.29, 1.82) is 0 Å². The van der Waals surface area contributed by atoms with E-state index in [0.29, 0.717) is 17.9 Å². The lowest BCUT2D eigenvalue weighted by Gasteiger charge is -2.09. The van der Waals surface area contributed by atoms with Gasteiger partial charge in [-0.15, -0.1) is 0 Å². The van der Waals surface area contributed by atoms with Gasteiger partial charge in [-0.25, -0.2) is 0 Å². The molecule has 0 radical (unpaired) electrons. The summed E-state index contributed by atoms with van der Waals surface area (Å²) in [6.07, 6.45) is 4.21. The number of aliphatic imine (C=N–C) groups is 1. The summed E-state index contributed by atoms with van der Waals surface area (Å²) in [5.74, 6) is 2.73. The molecule has 0 amide bonds. The Hall–Kier alpha value is -1.59. The van der Waals surface area contributed by atoms with E-state index in [4.69, 9.17) is 4.52 Å². The summed E-state index contributed by atoms with van der Waals surface area (Å²) in [5, 5.41) is 10.6. The van der Waals surface area contributed by atoms with Crippen LogP contribution >= 0.6 is 0 Å². The third-order valence-electron chi connectivity index (χ3n) is 3.08. The van der Waals surface area contributed by atoms with E-state index in [9.17, 15) is 0 Å². The molecule has 0 aliphatic heterocycles. The van der Waals surface area contributed by atoms with Crippen molar-refractivity contribution in [1.82, 2.24) is 20.8 Å². The van der Waals surface area contributed by atoms with Gasteiger partial charge in [0, 0.05) is 31.5 Å². The zero-order valence-corrected chi connectivity index (χ0v) is 12.6. The van der Waals surface area contributed by atoms with Gasteiger partial charge in [0.25, 0.3) is 0 Å². The summed E-state index contributed by atoms with van der Waals surface area (Å²) < 4.78 is 5.21. The summed E-state index contributed by atoms with van der Waals surface area (Å²) in [4.78, 5) is 8.92. The average molecular weight is 279 g/mol. The molecule has 0 spiro atoms. The Balaban J connectivity index is 1.72. The predicted molar refractivity (Wildman–Crippen MR) is 78.8 cm³/mol. The third kappa shape index (κ3) is 4.83. The molecule has 20 heavy (non-hydrogen) atoms. The minimum atomic E-state index is 0.314. The van der Waals surface area contributed by atoms with Gasteiger partial charge in [-0.1, -0.05) is 19.0 Å². The van der Waals surface area contributed by atoms with E-state index in [1.807, 2.05) is 0 Å². The second-order valence-electron chi connectivity index (χ2n) is 5.48. The largest absolute Gasteiger partial charge is 0.357 e. The highest BCUT2D eigenvalue weighted by molar-refractivity contribution is 5.80. The maximum Gasteiger partial charge on any atom is 0.226 e. The third-order valence-corrected chi connectivity index (χ3v) is 3.08. The summed E-state index contributed by atoms with van der Waals surface area (Å²) in [7, 11) is 0. The molecule has 0 saturated heterocycles. The molecule has 1 aliphatic rings. The van der Waals surface area contributed by atoms with Gasteiger partial charge in [0.2, 0.25) is 5.89 Å². The average Bonchev–Trinajstić information content (AvgIpc) is 3.09. The Bertz CT molecular complexity index is 437. The van der Waals surface area contributed by atoms with Crippen LogP contribution in [0.2, 0.25) is 0 Å². The molecule has 1 aliphatic carbocycles. The zero-order chi connectivity index (χ0) is 14.4. The summed E-state index contributed by atoms with van der Waals surface area (Å²) in [6, 6.07) is 0.623. The zero-order valence-electron chi connectivity index (χ0n) is 12.6. The number of hydrogen-bond acceptors (Lipinski definition) is 4. The Morgan fingerprint density at radius 1 is 1.45 bits per heavy atom. The Morgan fingerprint density at radius 2 is 2.25 bits per heavy atom. The highest BCUT2D eigenvalue weighted by Gasteiger charge is 2.21. The first-order valence-electron chi connectivity index (χ1n) is 7.56. The predicted octanol–water partition coefficient (Wildman–Crippen LogP) is 1.84. The quantitative estimate of drug-likeness (QED) is 0.452. The molecular weight excluding hydrogens is 254 g/mol. The van der Waals surface area contributed by atoms with E-state index in [2.05, 4.69) is 46.5 Å². The molecule has 6 nitrogen and oxygen atoms in total. The van der Waals surface area contributed by atoms with Crippen molar-refractivity contribution in [3.63, 3.8) is 0 Å².